The van der Waals surface area contributed by atoms with Crippen LogP contribution in [-0.2, 0) is 10.0 Å². The number of likely N-dealkylation sites (tertiary alicyclic amines) is 1. The van der Waals surface area contributed by atoms with Gasteiger partial charge in [0, 0.05) is 17.0 Å². The van der Waals surface area contributed by atoms with Gasteiger partial charge in [0.15, 0.2) is 0 Å². The fourth-order valence-electron chi connectivity index (χ4n) is 3.46. The number of hydrogen-bond donors (Lipinski definition) is 1. The van der Waals surface area contributed by atoms with Gasteiger partial charge in [-0.2, -0.15) is 4.98 Å². The summed E-state index contributed by atoms with van der Waals surface area (Å²) in [5.41, 5.74) is 0.850. The van der Waals surface area contributed by atoms with Crippen LogP contribution >= 0.6 is 11.3 Å². The molecule has 7 nitrogen and oxygen atoms in total. The minimum absolute atomic E-state index is 0.276. The standard InChI is InChI=1S/C20H24N4O3S2/c1-15-18(29(25,26)21-10-7-13-24-11-5-6-12-24)14-17(28-15)20-22-19(23-27-20)16-8-3-2-4-9-16/h2-4,8-9,14,21H,5-7,10-13H2,1H3. The first kappa shape index (κ1) is 20.2. The quantitative estimate of drug-likeness (QED) is 0.548. The number of thiophene rings is 1. The van der Waals surface area contributed by atoms with Gasteiger partial charge in [-0.25, -0.2) is 13.1 Å². The molecule has 0 bridgehead atoms. The van der Waals surface area contributed by atoms with Gasteiger partial charge in [-0.05, 0) is 51.9 Å². The highest BCUT2D eigenvalue weighted by atomic mass is 32.2. The first-order valence-corrected chi connectivity index (χ1v) is 12.0. The van der Waals surface area contributed by atoms with Crippen LogP contribution in [0.1, 0.15) is 24.1 Å². The van der Waals surface area contributed by atoms with E-state index in [1.165, 1.54) is 24.2 Å². The number of hydrogen-bond acceptors (Lipinski definition) is 7. The maximum Gasteiger partial charge on any atom is 0.268 e. The fourth-order valence-corrected chi connectivity index (χ4v) is 6.04. The van der Waals surface area contributed by atoms with Crippen LogP contribution in [0.5, 0.6) is 0 Å². The lowest BCUT2D eigenvalue weighted by molar-refractivity contribution is 0.334. The van der Waals surface area contributed by atoms with E-state index in [1.54, 1.807) is 13.0 Å². The Bertz CT molecular complexity index is 1050. The van der Waals surface area contributed by atoms with Crippen molar-refractivity contribution in [2.24, 2.45) is 0 Å². The average molecular weight is 433 g/mol. The maximum absolute atomic E-state index is 12.7. The summed E-state index contributed by atoms with van der Waals surface area (Å²) in [6, 6.07) is 11.1. The van der Waals surface area contributed by atoms with Crippen molar-refractivity contribution in [2.75, 3.05) is 26.2 Å². The Hall–Kier alpha value is -2.07. The highest BCUT2D eigenvalue weighted by Gasteiger charge is 2.22. The van der Waals surface area contributed by atoms with Crippen LogP contribution < -0.4 is 4.72 Å². The van der Waals surface area contributed by atoms with Gasteiger partial charge in [0.25, 0.3) is 5.89 Å². The van der Waals surface area contributed by atoms with Crippen molar-refractivity contribution in [2.45, 2.75) is 31.1 Å². The average Bonchev–Trinajstić information content (AvgIpc) is 3.46. The van der Waals surface area contributed by atoms with Crippen LogP contribution in [0, 0.1) is 6.92 Å². The van der Waals surface area contributed by atoms with E-state index in [4.69, 9.17) is 4.52 Å². The molecule has 0 atom stereocenters. The monoisotopic (exact) mass is 432 g/mol. The largest absolute Gasteiger partial charge is 0.333 e. The van der Waals surface area contributed by atoms with E-state index in [-0.39, 0.29) is 4.90 Å². The fraction of sp³-hybridized carbons (Fsp3) is 0.400. The SMILES string of the molecule is Cc1sc(-c2nc(-c3ccccc3)no2)cc1S(=O)(=O)NCCCN1CCCC1. The summed E-state index contributed by atoms with van der Waals surface area (Å²) in [5.74, 6) is 0.809. The maximum atomic E-state index is 12.7. The predicted octanol–water partition coefficient (Wildman–Crippen LogP) is 3.54. The number of nitrogens with one attached hydrogen (secondary N) is 1. The van der Waals surface area contributed by atoms with Crippen molar-refractivity contribution in [3.8, 4) is 22.2 Å². The van der Waals surface area contributed by atoms with E-state index < -0.39 is 10.0 Å². The Morgan fingerprint density at radius 1 is 1.21 bits per heavy atom. The molecule has 3 heterocycles. The van der Waals surface area contributed by atoms with E-state index in [1.807, 2.05) is 30.3 Å². The van der Waals surface area contributed by atoms with E-state index in [0.717, 1.165) is 31.6 Å². The van der Waals surface area contributed by atoms with Gasteiger partial charge >= 0.3 is 0 Å². The van der Waals surface area contributed by atoms with Crippen LogP contribution in [0.3, 0.4) is 0 Å². The summed E-state index contributed by atoms with van der Waals surface area (Å²) < 4.78 is 33.6. The van der Waals surface area contributed by atoms with Crippen molar-refractivity contribution in [1.82, 2.24) is 19.8 Å². The highest BCUT2D eigenvalue weighted by molar-refractivity contribution is 7.89. The number of rotatable bonds is 8. The lowest BCUT2D eigenvalue weighted by atomic mass is 10.2. The molecule has 9 heteroatoms. The van der Waals surface area contributed by atoms with Crippen molar-refractivity contribution in [3.63, 3.8) is 0 Å². The molecular formula is C20H24N4O3S2. The van der Waals surface area contributed by atoms with Crippen LogP contribution in [0.4, 0.5) is 0 Å². The summed E-state index contributed by atoms with van der Waals surface area (Å²) in [7, 11) is -3.57. The van der Waals surface area contributed by atoms with Crippen LogP contribution in [0.15, 0.2) is 45.8 Å². The third kappa shape index (κ3) is 4.75. The molecule has 0 saturated carbocycles. The van der Waals surface area contributed by atoms with Gasteiger partial charge in [-0.15, -0.1) is 11.3 Å². The van der Waals surface area contributed by atoms with Gasteiger partial charge in [0.1, 0.15) is 0 Å². The lowest BCUT2D eigenvalue weighted by Crippen LogP contribution is -2.28. The minimum atomic E-state index is -3.57. The van der Waals surface area contributed by atoms with Crippen LogP contribution in [0.25, 0.3) is 22.2 Å². The van der Waals surface area contributed by atoms with Gasteiger partial charge < -0.3 is 9.42 Å². The molecule has 1 saturated heterocycles. The van der Waals surface area contributed by atoms with Gasteiger partial charge in [-0.3, -0.25) is 0 Å². The third-order valence-electron chi connectivity index (χ3n) is 4.97. The Labute approximate surface area is 174 Å². The molecule has 1 aromatic carbocycles. The van der Waals surface area contributed by atoms with E-state index in [0.29, 0.717) is 28.0 Å². The second kappa shape index (κ2) is 8.74. The summed E-state index contributed by atoms with van der Waals surface area (Å²) in [6.07, 6.45) is 3.29. The van der Waals surface area contributed by atoms with Gasteiger partial charge in [0.2, 0.25) is 15.8 Å². The second-order valence-corrected chi connectivity index (χ2v) is 10.1. The number of benzene rings is 1. The van der Waals surface area contributed by atoms with Crippen LogP contribution in [-0.4, -0.2) is 49.6 Å². The topological polar surface area (TPSA) is 88.3 Å². The predicted molar refractivity (Wildman–Crippen MR) is 113 cm³/mol. The van der Waals surface area contributed by atoms with E-state index >= 15 is 0 Å². The molecule has 1 aliphatic rings. The summed E-state index contributed by atoms with van der Waals surface area (Å²) >= 11 is 1.34. The Balaban J connectivity index is 1.43. The zero-order chi connectivity index (χ0) is 20.3. The Morgan fingerprint density at radius 3 is 2.72 bits per heavy atom. The zero-order valence-corrected chi connectivity index (χ0v) is 17.9. The molecule has 1 aliphatic heterocycles. The molecular weight excluding hydrogens is 408 g/mol. The molecule has 0 unspecified atom stereocenters. The van der Waals surface area contributed by atoms with E-state index in [9.17, 15) is 8.42 Å². The second-order valence-electron chi connectivity index (χ2n) is 7.12. The third-order valence-corrected chi connectivity index (χ3v) is 7.73. The number of nitrogens with zero attached hydrogens (tertiary/aromatic N) is 3. The molecule has 29 heavy (non-hydrogen) atoms. The number of aryl methyl sites for hydroxylation is 1. The first-order chi connectivity index (χ1) is 14.0. The van der Waals surface area contributed by atoms with Crippen molar-refractivity contribution >= 4 is 21.4 Å². The molecule has 2 aromatic heterocycles. The van der Waals surface area contributed by atoms with E-state index in [2.05, 4.69) is 19.8 Å². The summed E-state index contributed by atoms with van der Waals surface area (Å²) in [6.45, 7) is 5.40. The molecule has 0 aliphatic carbocycles. The van der Waals surface area contributed by atoms with Crippen LogP contribution in [0.2, 0.25) is 0 Å². The van der Waals surface area contributed by atoms with Gasteiger partial charge in [-0.1, -0.05) is 35.5 Å². The van der Waals surface area contributed by atoms with Crippen molar-refractivity contribution in [1.29, 1.82) is 0 Å². The molecule has 4 rings (SSSR count). The Morgan fingerprint density at radius 2 is 1.97 bits per heavy atom. The highest BCUT2D eigenvalue weighted by Crippen LogP contribution is 2.33. The normalized spacial score (nSPS) is 15.2. The first-order valence-electron chi connectivity index (χ1n) is 9.75. The summed E-state index contributed by atoms with van der Waals surface area (Å²) in [5, 5.41) is 4.01. The molecule has 0 spiro atoms. The number of sulfonamides is 1. The Kier molecular flexibility index (Phi) is 6.09. The number of aromatic nitrogens is 2. The molecule has 0 amide bonds. The molecule has 0 radical (unpaired) electrons. The lowest BCUT2D eigenvalue weighted by Gasteiger charge is -2.14. The molecule has 154 valence electrons. The van der Waals surface area contributed by atoms with Gasteiger partial charge in [0.05, 0.1) is 9.77 Å². The summed E-state index contributed by atoms with van der Waals surface area (Å²) in [4.78, 5) is 8.42. The molecule has 1 N–H and O–H groups in total. The molecule has 1 fully saturated rings. The smallest absolute Gasteiger partial charge is 0.268 e. The van der Waals surface area contributed by atoms with Crippen molar-refractivity contribution in [3.05, 3.63) is 41.3 Å². The molecule has 3 aromatic rings. The minimum Gasteiger partial charge on any atom is -0.333 e. The zero-order valence-electron chi connectivity index (χ0n) is 16.3. The van der Waals surface area contributed by atoms with Crippen molar-refractivity contribution < 1.29 is 12.9 Å².